The molecule has 38 heavy (non-hydrogen) atoms. The molecule has 13 heteroatoms. The highest BCUT2D eigenvalue weighted by atomic mass is 35.5. The van der Waals surface area contributed by atoms with Crippen molar-refractivity contribution in [1.29, 1.82) is 0 Å². The number of aromatic nitrogens is 6. The Hall–Kier alpha value is -3.51. The standard InChI is InChI=1S/C25H25ClF4N6O2/c1-14(2)18-6-4-5-7-19(18)36-22(15(3)27)31-21(32-36)13-35-24(38)34(12-20(37)25(28,29)30)23(33-35)16-8-10-17(26)11-9-16/h4-11,14-15,20,37H,12-13H2,1-3H3/t15?,20-/m0/s1. The van der Waals surface area contributed by atoms with Gasteiger partial charge in [0.1, 0.15) is 6.54 Å². The molecular weight excluding hydrogens is 528 g/mol. The van der Waals surface area contributed by atoms with Crippen LogP contribution in [-0.2, 0) is 13.1 Å². The van der Waals surface area contributed by atoms with E-state index < -0.39 is 30.7 Å². The quantitative estimate of drug-likeness (QED) is 0.308. The maximum absolute atomic E-state index is 14.6. The van der Waals surface area contributed by atoms with Gasteiger partial charge >= 0.3 is 11.9 Å². The molecule has 0 amide bonds. The molecule has 4 rings (SSSR count). The van der Waals surface area contributed by atoms with Crippen LogP contribution in [0.2, 0.25) is 5.02 Å². The Bertz CT molecular complexity index is 1470. The third kappa shape index (κ3) is 5.65. The third-order valence-electron chi connectivity index (χ3n) is 5.87. The number of benzene rings is 2. The molecule has 2 aromatic heterocycles. The Morgan fingerprint density at radius 1 is 1.03 bits per heavy atom. The van der Waals surface area contributed by atoms with Crippen molar-refractivity contribution in [3.05, 3.63) is 81.3 Å². The van der Waals surface area contributed by atoms with Crippen LogP contribution >= 0.6 is 11.6 Å². The predicted octanol–water partition coefficient (Wildman–Crippen LogP) is 5.07. The smallest absolute Gasteiger partial charge is 0.382 e. The minimum atomic E-state index is -4.95. The van der Waals surface area contributed by atoms with Gasteiger partial charge in [0, 0.05) is 10.6 Å². The Kier molecular flexibility index (Phi) is 7.75. The molecule has 202 valence electrons. The van der Waals surface area contributed by atoms with E-state index in [4.69, 9.17) is 11.6 Å². The van der Waals surface area contributed by atoms with Gasteiger partial charge in [0.2, 0.25) is 0 Å². The molecule has 0 aliphatic heterocycles. The molecule has 1 unspecified atom stereocenters. The van der Waals surface area contributed by atoms with Crippen LogP contribution < -0.4 is 5.69 Å². The molecule has 1 N–H and O–H groups in total. The van der Waals surface area contributed by atoms with E-state index >= 15 is 0 Å². The molecule has 0 aliphatic rings. The number of rotatable bonds is 8. The number of para-hydroxylation sites is 1. The molecule has 2 aromatic carbocycles. The number of aliphatic hydroxyl groups excluding tert-OH is 1. The summed E-state index contributed by atoms with van der Waals surface area (Å²) in [7, 11) is 0. The highest BCUT2D eigenvalue weighted by molar-refractivity contribution is 6.30. The Balaban J connectivity index is 1.79. The van der Waals surface area contributed by atoms with Gasteiger partial charge in [0.05, 0.1) is 12.2 Å². The van der Waals surface area contributed by atoms with Gasteiger partial charge in [-0.3, -0.25) is 4.57 Å². The fourth-order valence-corrected chi connectivity index (χ4v) is 4.10. The van der Waals surface area contributed by atoms with E-state index in [1.807, 2.05) is 26.0 Å². The summed E-state index contributed by atoms with van der Waals surface area (Å²) in [6.45, 7) is 3.85. The van der Waals surface area contributed by atoms with E-state index in [9.17, 15) is 27.5 Å². The topological polar surface area (TPSA) is 90.8 Å². The van der Waals surface area contributed by atoms with E-state index in [-0.39, 0.29) is 29.9 Å². The van der Waals surface area contributed by atoms with E-state index in [0.29, 0.717) is 16.3 Å². The first-order valence-electron chi connectivity index (χ1n) is 11.7. The summed E-state index contributed by atoms with van der Waals surface area (Å²) in [5, 5.41) is 18.7. The number of alkyl halides is 4. The molecule has 2 heterocycles. The van der Waals surface area contributed by atoms with E-state index in [0.717, 1.165) is 14.8 Å². The Morgan fingerprint density at radius 2 is 1.68 bits per heavy atom. The van der Waals surface area contributed by atoms with Gasteiger partial charge in [-0.2, -0.15) is 13.2 Å². The van der Waals surface area contributed by atoms with Crippen molar-refractivity contribution in [1.82, 2.24) is 29.1 Å². The highest BCUT2D eigenvalue weighted by Gasteiger charge is 2.39. The van der Waals surface area contributed by atoms with Crippen LogP contribution in [0.1, 0.15) is 50.1 Å². The monoisotopic (exact) mass is 552 g/mol. The average molecular weight is 553 g/mol. The van der Waals surface area contributed by atoms with Crippen molar-refractivity contribution < 1.29 is 22.7 Å². The van der Waals surface area contributed by atoms with Gasteiger partial charge in [-0.15, -0.1) is 10.2 Å². The van der Waals surface area contributed by atoms with Gasteiger partial charge in [-0.25, -0.2) is 23.5 Å². The summed E-state index contributed by atoms with van der Waals surface area (Å²) in [6, 6.07) is 13.3. The van der Waals surface area contributed by atoms with Crippen LogP contribution in [0.5, 0.6) is 0 Å². The normalized spacial score (nSPS) is 13.7. The second-order valence-electron chi connectivity index (χ2n) is 9.07. The van der Waals surface area contributed by atoms with Gasteiger partial charge in [0.25, 0.3) is 0 Å². The van der Waals surface area contributed by atoms with Crippen molar-refractivity contribution in [2.24, 2.45) is 0 Å². The van der Waals surface area contributed by atoms with Crippen molar-refractivity contribution >= 4 is 11.6 Å². The first-order valence-corrected chi connectivity index (χ1v) is 12.1. The molecule has 0 spiro atoms. The number of hydrogen-bond acceptors (Lipinski definition) is 5. The molecule has 0 fully saturated rings. The third-order valence-corrected chi connectivity index (χ3v) is 6.12. The number of nitrogens with zero attached hydrogens (tertiary/aromatic N) is 6. The summed E-state index contributed by atoms with van der Waals surface area (Å²) < 4.78 is 56.9. The van der Waals surface area contributed by atoms with Gasteiger partial charge in [-0.1, -0.05) is 43.6 Å². The molecule has 0 radical (unpaired) electrons. The average Bonchev–Trinajstić information content (AvgIpc) is 3.41. The summed E-state index contributed by atoms with van der Waals surface area (Å²) in [6.07, 6.45) is -9.25. The lowest BCUT2D eigenvalue weighted by atomic mass is 10.0. The lowest BCUT2D eigenvalue weighted by Crippen LogP contribution is -2.37. The van der Waals surface area contributed by atoms with Crippen LogP contribution in [0.3, 0.4) is 0 Å². The van der Waals surface area contributed by atoms with Crippen LogP contribution in [0, 0.1) is 0 Å². The van der Waals surface area contributed by atoms with Crippen LogP contribution in [-0.4, -0.2) is 46.5 Å². The Labute approximate surface area is 220 Å². The number of halogens is 5. The fraction of sp³-hybridized carbons (Fsp3) is 0.360. The Morgan fingerprint density at radius 3 is 2.29 bits per heavy atom. The molecule has 0 saturated heterocycles. The lowest BCUT2D eigenvalue weighted by Gasteiger charge is -2.15. The minimum absolute atomic E-state index is 0.00556. The zero-order chi connectivity index (χ0) is 27.8. The van der Waals surface area contributed by atoms with Crippen molar-refractivity contribution in [3.8, 4) is 17.1 Å². The first kappa shape index (κ1) is 27.5. The molecule has 2 atom stereocenters. The molecular formula is C25H25ClF4N6O2. The summed E-state index contributed by atoms with van der Waals surface area (Å²) in [4.78, 5) is 17.4. The maximum Gasteiger partial charge on any atom is 0.416 e. The van der Waals surface area contributed by atoms with Gasteiger partial charge in [0.15, 0.2) is 29.7 Å². The fourth-order valence-electron chi connectivity index (χ4n) is 3.97. The lowest BCUT2D eigenvalue weighted by molar-refractivity contribution is -0.207. The van der Waals surface area contributed by atoms with Crippen molar-refractivity contribution in [2.45, 2.75) is 58.2 Å². The predicted molar refractivity (Wildman–Crippen MR) is 133 cm³/mol. The van der Waals surface area contributed by atoms with Crippen LogP contribution in [0.15, 0.2) is 53.3 Å². The molecule has 0 saturated carbocycles. The maximum atomic E-state index is 14.6. The van der Waals surface area contributed by atoms with Crippen LogP contribution in [0.4, 0.5) is 17.6 Å². The minimum Gasteiger partial charge on any atom is -0.382 e. The summed E-state index contributed by atoms with van der Waals surface area (Å²) in [5.74, 6) is 0.0281. The largest absolute Gasteiger partial charge is 0.416 e. The molecule has 8 nitrogen and oxygen atoms in total. The molecule has 0 aliphatic carbocycles. The van der Waals surface area contributed by atoms with Gasteiger partial charge in [-0.05, 0) is 48.7 Å². The molecule has 4 aromatic rings. The molecule has 0 bridgehead atoms. The summed E-state index contributed by atoms with van der Waals surface area (Å²) >= 11 is 5.92. The zero-order valence-electron chi connectivity index (χ0n) is 20.7. The van der Waals surface area contributed by atoms with Crippen molar-refractivity contribution in [3.63, 3.8) is 0 Å². The SMILES string of the molecule is CC(C)c1ccccc1-n1nc(Cn2nc(-c3ccc(Cl)cc3)n(C[C@H](O)C(F)(F)F)c2=O)nc1C(C)F. The van der Waals surface area contributed by atoms with Gasteiger partial charge < -0.3 is 5.11 Å². The first-order chi connectivity index (χ1) is 17.9. The highest BCUT2D eigenvalue weighted by Crippen LogP contribution is 2.27. The zero-order valence-corrected chi connectivity index (χ0v) is 21.4. The number of hydrogen-bond donors (Lipinski definition) is 1. The second kappa shape index (κ2) is 10.7. The summed E-state index contributed by atoms with van der Waals surface area (Å²) in [5.41, 5.74) is 0.904. The van der Waals surface area contributed by atoms with E-state index in [2.05, 4.69) is 15.2 Å². The van der Waals surface area contributed by atoms with E-state index in [1.54, 1.807) is 12.1 Å². The van der Waals surface area contributed by atoms with Crippen molar-refractivity contribution in [2.75, 3.05) is 0 Å². The van der Waals surface area contributed by atoms with E-state index in [1.165, 1.54) is 35.9 Å². The number of aliphatic hydroxyl groups is 1. The second-order valence-corrected chi connectivity index (χ2v) is 9.50. The van der Waals surface area contributed by atoms with Crippen LogP contribution in [0.25, 0.3) is 17.1 Å².